The van der Waals surface area contributed by atoms with Crippen molar-refractivity contribution < 1.29 is 8.42 Å². The smallest absolute Gasteiger partial charge is 0.191 e. The van der Waals surface area contributed by atoms with Gasteiger partial charge in [0.1, 0.15) is 0 Å². The van der Waals surface area contributed by atoms with Crippen LogP contribution in [-0.4, -0.2) is 58.3 Å². The number of nitrogens with zero attached hydrogens (tertiary/aromatic N) is 2. The second-order valence-corrected chi connectivity index (χ2v) is 8.72. The zero-order valence-electron chi connectivity index (χ0n) is 17.4. The molecule has 27 heavy (non-hydrogen) atoms. The van der Waals surface area contributed by atoms with Crippen molar-refractivity contribution in [2.24, 2.45) is 4.99 Å². The van der Waals surface area contributed by atoms with Crippen LogP contribution in [0.4, 0.5) is 0 Å². The van der Waals surface area contributed by atoms with Gasteiger partial charge in [0.05, 0.1) is 11.4 Å². The molecule has 0 fully saturated rings. The fourth-order valence-electron chi connectivity index (χ4n) is 2.62. The summed E-state index contributed by atoms with van der Waals surface area (Å²) in [6.07, 6.45) is 2.37. The van der Waals surface area contributed by atoms with E-state index in [1.165, 1.54) is 6.26 Å². The van der Waals surface area contributed by atoms with Crippen molar-refractivity contribution in [1.29, 1.82) is 0 Å². The molecule has 0 aromatic heterocycles. The molecule has 0 aliphatic heterocycles. The van der Waals surface area contributed by atoms with Crippen LogP contribution in [0, 0.1) is 6.92 Å². The molecule has 1 atom stereocenters. The number of hydrogen-bond donors (Lipinski definition) is 2. The lowest BCUT2D eigenvalue weighted by Crippen LogP contribution is -2.42. The summed E-state index contributed by atoms with van der Waals surface area (Å²) in [6.45, 7) is 11.3. The van der Waals surface area contributed by atoms with Crippen LogP contribution < -0.4 is 10.6 Å². The SMILES string of the molecule is CCNC(=NCc1ccc(S(C)(=O)=O)c(C)c1)NCCN(C)C(C)CC.I. The molecule has 0 saturated heterocycles. The summed E-state index contributed by atoms with van der Waals surface area (Å²) >= 11 is 0. The van der Waals surface area contributed by atoms with Crippen molar-refractivity contribution in [3.05, 3.63) is 29.3 Å². The van der Waals surface area contributed by atoms with Crippen molar-refractivity contribution >= 4 is 39.8 Å². The largest absolute Gasteiger partial charge is 0.357 e. The lowest BCUT2D eigenvalue weighted by molar-refractivity contribution is 0.255. The van der Waals surface area contributed by atoms with E-state index in [2.05, 4.69) is 41.4 Å². The maximum atomic E-state index is 11.7. The molecular weight excluding hydrogens is 475 g/mol. The third kappa shape index (κ3) is 9.25. The first-order valence-corrected chi connectivity index (χ1v) is 11.1. The van der Waals surface area contributed by atoms with Gasteiger partial charge in [0, 0.05) is 31.9 Å². The van der Waals surface area contributed by atoms with Crippen LogP contribution in [0.1, 0.15) is 38.3 Å². The third-order valence-electron chi connectivity index (χ3n) is 4.50. The van der Waals surface area contributed by atoms with Crippen molar-refractivity contribution in [1.82, 2.24) is 15.5 Å². The van der Waals surface area contributed by atoms with Gasteiger partial charge in [-0.15, -0.1) is 24.0 Å². The van der Waals surface area contributed by atoms with Gasteiger partial charge >= 0.3 is 0 Å². The number of benzene rings is 1. The lowest BCUT2D eigenvalue weighted by Gasteiger charge is -2.24. The number of rotatable bonds is 9. The van der Waals surface area contributed by atoms with E-state index in [9.17, 15) is 8.42 Å². The standard InChI is InChI=1S/C19H34N4O2S.HI/c1-7-16(4)23(5)12-11-21-19(20-8-2)22-14-17-9-10-18(15(3)13-17)26(6,24)25;/h9-10,13,16H,7-8,11-12,14H2,1-6H3,(H2,20,21,22);1H. The minimum absolute atomic E-state index is 0. The van der Waals surface area contributed by atoms with Crippen LogP contribution in [-0.2, 0) is 16.4 Å². The molecule has 6 nitrogen and oxygen atoms in total. The molecule has 156 valence electrons. The van der Waals surface area contributed by atoms with Crippen LogP contribution in [0.5, 0.6) is 0 Å². The summed E-state index contributed by atoms with van der Waals surface area (Å²) in [5.74, 6) is 0.773. The van der Waals surface area contributed by atoms with Gasteiger partial charge in [0.25, 0.3) is 0 Å². The Hall–Kier alpha value is -0.870. The molecule has 0 radical (unpaired) electrons. The maximum Gasteiger partial charge on any atom is 0.191 e. The quantitative estimate of drug-likeness (QED) is 0.304. The van der Waals surface area contributed by atoms with Crippen LogP contribution >= 0.6 is 24.0 Å². The molecule has 8 heteroatoms. The van der Waals surface area contributed by atoms with Gasteiger partial charge < -0.3 is 15.5 Å². The summed E-state index contributed by atoms with van der Waals surface area (Å²) < 4.78 is 23.4. The summed E-state index contributed by atoms with van der Waals surface area (Å²) in [6, 6.07) is 5.94. The Labute approximate surface area is 182 Å². The number of halogens is 1. The van der Waals surface area contributed by atoms with E-state index in [1.807, 2.05) is 26.0 Å². The minimum atomic E-state index is -3.18. The number of guanidine groups is 1. The molecule has 1 rings (SSSR count). The Balaban J connectivity index is 0.00000676. The van der Waals surface area contributed by atoms with E-state index in [0.29, 0.717) is 17.5 Å². The Bertz CT molecular complexity index is 708. The zero-order valence-corrected chi connectivity index (χ0v) is 20.5. The highest BCUT2D eigenvalue weighted by Crippen LogP contribution is 2.17. The molecule has 0 amide bonds. The number of likely N-dealkylation sites (N-methyl/N-ethyl adjacent to an activating group) is 1. The maximum absolute atomic E-state index is 11.7. The van der Waals surface area contributed by atoms with E-state index in [0.717, 1.165) is 43.1 Å². The second kappa shape index (κ2) is 12.6. The van der Waals surface area contributed by atoms with Crippen molar-refractivity contribution in [2.75, 3.05) is 32.9 Å². The molecule has 0 aliphatic carbocycles. The van der Waals surface area contributed by atoms with Crippen LogP contribution in [0.15, 0.2) is 28.1 Å². The fraction of sp³-hybridized carbons (Fsp3) is 0.632. The first-order valence-electron chi connectivity index (χ1n) is 9.21. The lowest BCUT2D eigenvalue weighted by atomic mass is 10.1. The van der Waals surface area contributed by atoms with Crippen molar-refractivity contribution in [3.8, 4) is 0 Å². The van der Waals surface area contributed by atoms with E-state index >= 15 is 0 Å². The first-order chi connectivity index (χ1) is 12.2. The van der Waals surface area contributed by atoms with Gasteiger partial charge in [-0.1, -0.05) is 19.1 Å². The van der Waals surface area contributed by atoms with Gasteiger partial charge in [-0.3, -0.25) is 0 Å². The molecule has 0 heterocycles. The highest BCUT2D eigenvalue weighted by Gasteiger charge is 2.11. The normalized spacial score (nSPS) is 13.2. The topological polar surface area (TPSA) is 73.8 Å². The van der Waals surface area contributed by atoms with Crippen LogP contribution in [0.25, 0.3) is 0 Å². The minimum Gasteiger partial charge on any atom is -0.357 e. The van der Waals surface area contributed by atoms with Crippen molar-refractivity contribution in [2.45, 2.75) is 51.6 Å². The molecule has 1 aromatic carbocycles. The molecule has 2 N–H and O–H groups in total. The van der Waals surface area contributed by atoms with Gasteiger partial charge in [0.15, 0.2) is 15.8 Å². The van der Waals surface area contributed by atoms with Crippen LogP contribution in [0.3, 0.4) is 0 Å². The van der Waals surface area contributed by atoms with Crippen LogP contribution in [0.2, 0.25) is 0 Å². The average Bonchev–Trinajstić information content (AvgIpc) is 2.57. The molecular formula is C19H35IN4O2S. The third-order valence-corrected chi connectivity index (χ3v) is 5.76. The van der Waals surface area contributed by atoms with Gasteiger partial charge in [-0.25, -0.2) is 13.4 Å². The summed E-state index contributed by atoms with van der Waals surface area (Å²) in [4.78, 5) is 7.31. The summed E-state index contributed by atoms with van der Waals surface area (Å²) in [5.41, 5.74) is 1.75. The van der Waals surface area contributed by atoms with Gasteiger partial charge in [0.2, 0.25) is 0 Å². The molecule has 0 aliphatic rings. The Kier molecular flexibility index (Phi) is 12.2. The zero-order chi connectivity index (χ0) is 19.7. The Morgan fingerprint density at radius 2 is 1.93 bits per heavy atom. The predicted molar refractivity (Wildman–Crippen MR) is 125 cm³/mol. The summed E-state index contributed by atoms with van der Waals surface area (Å²) in [7, 11) is -1.05. The highest BCUT2D eigenvalue weighted by molar-refractivity contribution is 14.0. The number of nitrogens with one attached hydrogen (secondary N) is 2. The Morgan fingerprint density at radius 1 is 1.26 bits per heavy atom. The van der Waals surface area contributed by atoms with E-state index in [4.69, 9.17) is 0 Å². The second-order valence-electron chi connectivity index (χ2n) is 6.73. The van der Waals surface area contributed by atoms with Crippen molar-refractivity contribution in [3.63, 3.8) is 0 Å². The van der Waals surface area contributed by atoms with E-state index < -0.39 is 9.84 Å². The monoisotopic (exact) mass is 510 g/mol. The van der Waals surface area contributed by atoms with Gasteiger partial charge in [-0.2, -0.15) is 0 Å². The number of aryl methyl sites for hydroxylation is 1. The molecule has 1 aromatic rings. The summed E-state index contributed by atoms with van der Waals surface area (Å²) in [5, 5.41) is 6.60. The first kappa shape index (κ1) is 26.1. The Morgan fingerprint density at radius 3 is 2.44 bits per heavy atom. The fourth-order valence-corrected chi connectivity index (χ4v) is 3.58. The predicted octanol–water partition coefficient (Wildman–Crippen LogP) is 2.80. The number of hydrogen-bond acceptors (Lipinski definition) is 4. The highest BCUT2D eigenvalue weighted by atomic mass is 127. The van der Waals surface area contributed by atoms with E-state index in [1.54, 1.807) is 6.07 Å². The molecule has 1 unspecified atom stereocenters. The van der Waals surface area contributed by atoms with E-state index in [-0.39, 0.29) is 24.0 Å². The molecule has 0 saturated carbocycles. The number of aliphatic imine (C=N–C) groups is 1. The number of sulfone groups is 1. The van der Waals surface area contributed by atoms with Gasteiger partial charge in [-0.05, 0) is 51.4 Å². The molecule has 0 spiro atoms. The molecule has 0 bridgehead atoms. The average molecular weight is 510 g/mol.